The molecule has 1 N–H and O–H groups in total. The molecule has 6 heteroatoms. The van der Waals surface area contributed by atoms with E-state index >= 15 is 0 Å². The molecule has 0 aliphatic heterocycles. The van der Waals surface area contributed by atoms with Crippen molar-refractivity contribution in [3.8, 4) is 5.75 Å². The predicted octanol–water partition coefficient (Wildman–Crippen LogP) is 5.57. The molecule has 24 heavy (non-hydrogen) atoms. The van der Waals surface area contributed by atoms with E-state index in [9.17, 15) is 4.79 Å². The van der Waals surface area contributed by atoms with Crippen molar-refractivity contribution in [3.63, 3.8) is 0 Å². The van der Waals surface area contributed by atoms with Gasteiger partial charge in [0, 0.05) is 5.75 Å². The number of carbonyl (C=O) groups excluding carboxylic acids is 1. The van der Waals surface area contributed by atoms with Gasteiger partial charge in [0.15, 0.2) is 0 Å². The van der Waals surface area contributed by atoms with Crippen LogP contribution in [-0.4, -0.2) is 18.3 Å². The summed E-state index contributed by atoms with van der Waals surface area (Å²) in [5.41, 5.74) is 2.77. The number of hydrogen-bond acceptors (Lipinski definition) is 3. The first-order valence-electron chi connectivity index (χ1n) is 7.41. The summed E-state index contributed by atoms with van der Waals surface area (Å²) in [5.74, 6) is 1.26. The minimum Gasteiger partial charge on any atom is -0.495 e. The fourth-order valence-electron chi connectivity index (χ4n) is 2.08. The Balaban J connectivity index is 1.97. The summed E-state index contributed by atoms with van der Waals surface area (Å²) in [5, 5.41) is 3.76. The van der Waals surface area contributed by atoms with Crippen LogP contribution in [-0.2, 0) is 10.5 Å². The second-order valence-corrected chi connectivity index (χ2v) is 7.54. The lowest BCUT2D eigenvalue weighted by atomic mass is 10.2. The SMILES string of the molecule is COc1ccc(C)cc1NC(=O)C(C)SCc1ccc(Cl)c(Cl)c1. The van der Waals surface area contributed by atoms with E-state index in [1.165, 1.54) is 11.8 Å². The van der Waals surface area contributed by atoms with Crippen LogP contribution in [0.5, 0.6) is 5.75 Å². The van der Waals surface area contributed by atoms with Gasteiger partial charge in [0.1, 0.15) is 5.75 Å². The monoisotopic (exact) mass is 383 g/mol. The van der Waals surface area contributed by atoms with Gasteiger partial charge in [-0.3, -0.25) is 4.79 Å². The Bertz CT molecular complexity index is 737. The Hall–Kier alpha value is -1.36. The van der Waals surface area contributed by atoms with Gasteiger partial charge >= 0.3 is 0 Å². The number of benzene rings is 2. The zero-order valence-corrected chi connectivity index (χ0v) is 16.1. The molecule has 2 aromatic carbocycles. The first kappa shape index (κ1) is 19.0. The van der Waals surface area contributed by atoms with Crippen molar-refractivity contribution in [3.05, 3.63) is 57.6 Å². The lowest BCUT2D eigenvalue weighted by molar-refractivity contribution is -0.115. The molecule has 0 aliphatic carbocycles. The van der Waals surface area contributed by atoms with Gasteiger partial charge in [-0.2, -0.15) is 0 Å². The van der Waals surface area contributed by atoms with Gasteiger partial charge in [-0.05, 0) is 49.2 Å². The second kappa shape index (κ2) is 8.65. The quantitative estimate of drug-likeness (QED) is 0.708. The van der Waals surface area contributed by atoms with Crippen molar-refractivity contribution in [2.24, 2.45) is 0 Å². The highest BCUT2D eigenvalue weighted by molar-refractivity contribution is 7.99. The van der Waals surface area contributed by atoms with Crippen LogP contribution >= 0.6 is 35.0 Å². The third-order valence-electron chi connectivity index (χ3n) is 3.47. The molecule has 1 unspecified atom stereocenters. The van der Waals surface area contributed by atoms with Gasteiger partial charge in [0.25, 0.3) is 0 Å². The number of carbonyl (C=O) groups is 1. The van der Waals surface area contributed by atoms with Crippen LogP contribution in [0.2, 0.25) is 10.0 Å². The van der Waals surface area contributed by atoms with Crippen molar-refractivity contribution in [2.45, 2.75) is 24.9 Å². The van der Waals surface area contributed by atoms with Gasteiger partial charge < -0.3 is 10.1 Å². The summed E-state index contributed by atoms with van der Waals surface area (Å²) in [6.45, 7) is 3.84. The summed E-state index contributed by atoms with van der Waals surface area (Å²) < 4.78 is 5.29. The summed E-state index contributed by atoms with van der Waals surface area (Å²) in [7, 11) is 1.59. The lowest BCUT2D eigenvalue weighted by Crippen LogP contribution is -2.23. The molecule has 0 saturated carbocycles. The molecule has 0 bridgehead atoms. The number of methoxy groups -OCH3 is 1. The molecule has 0 aliphatic rings. The van der Waals surface area contributed by atoms with Crippen LogP contribution in [0, 0.1) is 6.92 Å². The van der Waals surface area contributed by atoms with E-state index in [-0.39, 0.29) is 11.2 Å². The molecule has 0 spiro atoms. The van der Waals surface area contributed by atoms with E-state index in [2.05, 4.69) is 5.32 Å². The van der Waals surface area contributed by atoms with Crippen molar-refractivity contribution in [1.29, 1.82) is 0 Å². The molecule has 128 valence electrons. The van der Waals surface area contributed by atoms with E-state index < -0.39 is 0 Å². The highest BCUT2D eigenvalue weighted by Gasteiger charge is 2.16. The predicted molar refractivity (Wildman–Crippen MR) is 104 cm³/mol. The first-order valence-corrected chi connectivity index (χ1v) is 9.22. The average molecular weight is 384 g/mol. The Morgan fingerprint density at radius 3 is 2.62 bits per heavy atom. The zero-order chi connectivity index (χ0) is 17.7. The molecule has 1 amide bonds. The van der Waals surface area contributed by atoms with Gasteiger partial charge in [0.2, 0.25) is 5.91 Å². The molecule has 0 heterocycles. The van der Waals surface area contributed by atoms with Gasteiger partial charge in [0.05, 0.1) is 28.1 Å². The third kappa shape index (κ3) is 5.07. The van der Waals surface area contributed by atoms with E-state index in [0.717, 1.165) is 11.1 Å². The Morgan fingerprint density at radius 2 is 1.96 bits per heavy atom. The van der Waals surface area contributed by atoms with Crippen molar-refractivity contribution in [1.82, 2.24) is 0 Å². The first-order chi connectivity index (χ1) is 11.4. The molecule has 2 rings (SSSR count). The average Bonchev–Trinajstić information content (AvgIpc) is 2.55. The molecular formula is C18H19Cl2NO2S. The number of ether oxygens (including phenoxy) is 1. The van der Waals surface area contributed by atoms with Crippen LogP contribution in [0.15, 0.2) is 36.4 Å². The molecule has 2 aromatic rings. The molecule has 0 radical (unpaired) electrons. The largest absolute Gasteiger partial charge is 0.495 e. The van der Waals surface area contributed by atoms with Crippen molar-refractivity contribution < 1.29 is 9.53 Å². The Morgan fingerprint density at radius 1 is 1.21 bits per heavy atom. The van der Waals surface area contributed by atoms with Crippen molar-refractivity contribution >= 4 is 46.6 Å². The number of aryl methyl sites for hydroxylation is 1. The van der Waals surface area contributed by atoms with Crippen LogP contribution < -0.4 is 10.1 Å². The second-order valence-electron chi connectivity index (χ2n) is 5.39. The van der Waals surface area contributed by atoms with Crippen molar-refractivity contribution in [2.75, 3.05) is 12.4 Å². The van der Waals surface area contributed by atoms with Crippen LogP contribution in [0.25, 0.3) is 0 Å². The summed E-state index contributed by atoms with van der Waals surface area (Å²) in [6, 6.07) is 11.2. The number of rotatable bonds is 6. The molecular weight excluding hydrogens is 365 g/mol. The van der Waals surface area contributed by atoms with E-state index in [4.69, 9.17) is 27.9 Å². The standard InChI is InChI=1S/C18H19Cl2NO2S/c1-11-4-7-17(23-3)16(8-11)21-18(22)12(2)24-10-13-5-6-14(19)15(20)9-13/h4-9,12H,10H2,1-3H3,(H,21,22). The van der Waals surface area contributed by atoms with E-state index in [1.54, 1.807) is 13.2 Å². The molecule has 0 aromatic heterocycles. The highest BCUT2D eigenvalue weighted by Crippen LogP contribution is 2.28. The Kier molecular flexibility index (Phi) is 6.84. The number of nitrogens with one attached hydrogen (secondary N) is 1. The summed E-state index contributed by atoms with van der Waals surface area (Å²) in [4.78, 5) is 12.4. The highest BCUT2D eigenvalue weighted by atomic mass is 35.5. The topological polar surface area (TPSA) is 38.3 Å². The maximum Gasteiger partial charge on any atom is 0.237 e. The number of anilines is 1. The zero-order valence-electron chi connectivity index (χ0n) is 13.7. The van der Waals surface area contributed by atoms with E-state index in [1.807, 2.05) is 44.2 Å². The van der Waals surface area contributed by atoms with E-state index in [0.29, 0.717) is 27.2 Å². The fraction of sp³-hybridized carbons (Fsp3) is 0.278. The van der Waals surface area contributed by atoms with Crippen LogP contribution in [0.1, 0.15) is 18.1 Å². The minimum absolute atomic E-state index is 0.0658. The number of thioether (sulfide) groups is 1. The number of amides is 1. The molecule has 0 saturated heterocycles. The summed E-state index contributed by atoms with van der Waals surface area (Å²) >= 11 is 13.5. The lowest BCUT2D eigenvalue weighted by Gasteiger charge is -2.15. The molecule has 1 atom stereocenters. The minimum atomic E-state index is -0.218. The fourth-order valence-corrected chi connectivity index (χ4v) is 3.23. The normalized spacial score (nSPS) is 11.9. The van der Waals surface area contributed by atoms with Crippen LogP contribution in [0.3, 0.4) is 0 Å². The molecule has 0 fully saturated rings. The Labute approximate surface area is 156 Å². The van der Waals surface area contributed by atoms with Gasteiger partial charge in [-0.15, -0.1) is 11.8 Å². The van der Waals surface area contributed by atoms with Gasteiger partial charge in [-0.1, -0.05) is 35.3 Å². The maximum absolute atomic E-state index is 12.4. The molecule has 3 nitrogen and oxygen atoms in total. The summed E-state index contributed by atoms with van der Waals surface area (Å²) in [6.07, 6.45) is 0. The third-order valence-corrected chi connectivity index (χ3v) is 5.42. The number of halogens is 2. The van der Waals surface area contributed by atoms with Crippen LogP contribution in [0.4, 0.5) is 5.69 Å². The number of hydrogen-bond donors (Lipinski definition) is 1. The van der Waals surface area contributed by atoms with Gasteiger partial charge in [-0.25, -0.2) is 0 Å². The maximum atomic E-state index is 12.4. The smallest absolute Gasteiger partial charge is 0.237 e.